The summed E-state index contributed by atoms with van der Waals surface area (Å²) in [5.74, 6) is 0. The number of nitro benzene ring substituents is 1. The Kier molecular flexibility index (Phi) is 3.36. The molecule has 1 aromatic rings. The second-order valence-corrected chi connectivity index (χ2v) is 2.85. The van der Waals surface area contributed by atoms with Crippen LogP contribution in [0.5, 0.6) is 0 Å². The van der Waals surface area contributed by atoms with Crippen LogP contribution in [-0.4, -0.2) is 16.6 Å². The van der Waals surface area contributed by atoms with Crippen LogP contribution in [-0.2, 0) is 0 Å². The monoisotopic (exact) mass is 193 g/mol. The molecule has 0 aliphatic carbocycles. The van der Waals surface area contributed by atoms with Crippen molar-refractivity contribution in [3.63, 3.8) is 0 Å². The van der Waals surface area contributed by atoms with E-state index in [1.807, 2.05) is 0 Å². The van der Waals surface area contributed by atoms with E-state index in [4.69, 9.17) is 5.11 Å². The summed E-state index contributed by atoms with van der Waals surface area (Å²) in [4.78, 5) is 10.3. The first-order chi connectivity index (χ1) is 6.66. The summed E-state index contributed by atoms with van der Waals surface area (Å²) in [5, 5.41) is 19.3. The maximum absolute atomic E-state index is 10.7. The molecule has 4 heteroatoms. The second kappa shape index (κ2) is 4.53. The average molecular weight is 193 g/mol. The molecule has 0 spiro atoms. The van der Waals surface area contributed by atoms with Crippen LogP contribution in [0.3, 0.4) is 0 Å². The van der Waals surface area contributed by atoms with Crippen LogP contribution < -0.4 is 0 Å². The molecule has 0 bridgehead atoms. The number of para-hydroxylation sites is 1. The van der Waals surface area contributed by atoms with Crippen molar-refractivity contribution < 1.29 is 10.0 Å². The molecule has 0 unspecified atom stereocenters. The molecule has 1 aromatic carbocycles. The first-order valence-electron chi connectivity index (χ1n) is 4.18. The van der Waals surface area contributed by atoms with Crippen LogP contribution in [0, 0.1) is 17.0 Å². The van der Waals surface area contributed by atoms with Crippen molar-refractivity contribution in [2.24, 2.45) is 0 Å². The Bertz CT molecular complexity index is 372. The lowest BCUT2D eigenvalue weighted by molar-refractivity contribution is -0.385. The zero-order valence-corrected chi connectivity index (χ0v) is 7.80. The maximum Gasteiger partial charge on any atom is 0.279 e. The molecule has 0 radical (unpaired) electrons. The minimum Gasteiger partial charge on any atom is -0.392 e. The highest BCUT2D eigenvalue weighted by Crippen LogP contribution is 2.23. The summed E-state index contributed by atoms with van der Waals surface area (Å²) in [5.41, 5.74) is 1.23. The highest BCUT2D eigenvalue weighted by atomic mass is 16.6. The van der Waals surface area contributed by atoms with Gasteiger partial charge in [0, 0.05) is 5.56 Å². The summed E-state index contributed by atoms with van der Waals surface area (Å²) in [6.07, 6.45) is 3.02. The number of hydrogen-bond acceptors (Lipinski definition) is 3. The van der Waals surface area contributed by atoms with Gasteiger partial charge in [-0.05, 0) is 19.1 Å². The van der Waals surface area contributed by atoms with E-state index in [1.165, 1.54) is 6.08 Å². The Morgan fingerprint density at radius 3 is 2.86 bits per heavy atom. The lowest BCUT2D eigenvalue weighted by Gasteiger charge is -2.00. The smallest absolute Gasteiger partial charge is 0.279 e. The Labute approximate surface area is 81.6 Å². The van der Waals surface area contributed by atoms with Crippen molar-refractivity contribution in [2.45, 2.75) is 6.92 Å². The first-order valence-corrected chi connectivity index (χ1v) is 4.18. The van der Waals surface area contributed by atoms with Crippen molar-refractivity contribution in [3.8, 4) is 0 Å². The summed E-state index contributed by atoms with van der Waals surface area (Å²) in [6, 6.07) is 5.09. The predicted molar refractivity (Wildman–Crippen MR) is 54.0 cm³/mol. The van der Waals surface area contributed by atoms with Gasteiger partial charge >= 0.3 is 0 Å². The van der Waals surface area contributed by atoms with Gasteiger partial charge in [-0.2, -0.15) is 0 Å². The van der Waals surface area contributed by atoms with Crippen LogP contribution in [0.1, 0.15) is 11.1 Å². The first kappa shape index (κ1) is 10.4. The number of nitrogens with zero attached hydrogens (tertiary/aromatic N) is 1. The quantitative estimate of drug-likeness (QED) is 0.589. The van der Waals surface area contributed by atoms with Gasteiger partial charge < -0.3 is 5.11 Å². The summed E-state index contributed by atoms with van der Waals surface area (Å²) < 4.78 is 0. The van der Waals surface area contributed by atoms with Gasteiger partial charge in [-0.3, -0.25) is 10.1 Å². The number of benzene rings is 1. The Hall–Kier alpha value is -1.68. The minimum absolute atomic E-state index is 0.0946. The molecule has 0 heterocycles. The number of aryl methyl sites for hydroxylation is 1. The van der Waals surface area contributed by atoms with Gasteiger partial charge in [-0.15, -0.1) is 0 Å². The normalized spacial score (nSPS) is 10.7. The summed E-state index contributed by atoms with van der Waals surface area (Å²) in [7, 11) is 0. The molecule has 1 N–H and O–H groups in total. The van der Waals surface area contributed by atoms with Crippen molar-refractivity contribution in [1.82, 2.24) is 0 Å². The molecule has 1 rings (SSSR count). The number of hydrogen-bond donors (Lipinski definition) is 1. The maximum atomic E-state index is 10.7. The Morgan fingerprint density at radius 2 is 2.29 bits per heavy atom. The van der Waals surface area contributed by atoms with E-state index in [9.17, 15) is 10.1 Å². The molecule has 0 atom stereocenters. The van der Waals surface area contributed by atoms with Crippen molar-refractivity contribution in [3.05, 3.63) is 45.5 Å². The van der Waals surface area contributed by atoms with Gasteiger partial charge in [-0.1, -0.05) is 18.2 Å². The Morgan fingerprint density at radius 1 is 1.57 bits per heavy atom. The molecule has 74 valence electrons. The van der Waals surface area contributed by atoms with E-state index < -0.39 is 4.92 Å². The minimum atomic E-state index is -0.410. The van der Waals surface area contributed by atoms with Crippen LogP contribution in [0.4, 0.5) is 5.69 Å². The highest BCUT2D eigenvalue weighted by molar-refractivity contribution is 5.63. The van der Waals surface area contributed by atoms with E-state index in [0.717, 1.165) is 0 Å². The Balaban J connectivity index is 3.21. The van der Waals surface area contributed by atoms with Gasteiger partial charge in [0.2, 0.25) is 0 Å². The molecule has 0 aliphatic heterocycles. The third-order valence-corrected chi connectivity index (χ3v) is 1.85. The third kappa shape index (κ3) is 2.17. The van der Waals surface area contributed by atoms with E-state index in [2.05, 4.69) is 0 Å². The van der Waals surface area contributed by atoms with Crippen molar-refractivity contribution in [1.29, 1.82) is 0 Å². The summed E-state index contributed by atoms with van der Waals surface area (Å²) in [6.45, 7) is 1.57. The number of nitro groups is 1. The molecular weight excluding hydrogens is 182 g/mol. The van der Waals surface area contributed by atoms with E-state index in [0.29, 0.717) is 11.1 Å². The highest BCUT2D eigenvalue weighted by Gasteiger charge is 2.13. The molecule has 0 saturated carbocycles. The largest absolute Gasteiger partial charge is 0.392 e. The lowest BCUT2D eigenvalue weighted by atomic mass is 10.1. The third-order valence-electron chi connectivity index (χ3n) is 1.85. The molecule has 4 nitrogen and oxygen atoms in total. The van der Waals surface area contributed by atoms with Gasteiger partial charge in [0.05, 0.1) is 17.1 Å². The van der Waals surface area contributed by atoms with Crippen LogP contribution in [0.15, 0.2) is 24.3 Å². The van der Waals surface area contributed by atoms with Gasteiger partial charge in [0.15, 0.2) is 0 Å². The molecule has 0 amide bonds. The van der Waals surface area contributed by atoms with Gasteiger partial charge in [0.1, 0.15) is 0 Å². The topological polar surface area (TPSA) is 63.4 Å². The van der Waals surface area contributed by atoms with Crippen LogP contribution >= 0.6 is 0 Å². The second-order valence-electron chi connectivity index (χ2n) is 2.85. The zero-order valence-electron chi connectivity index (χ0n) is 7.80. The van der Waals surface area contributed by atoms with E-state index in [1.54, 1.807) is 31.2 Å². The molecule has 0 fully saturated rings. The summed E-state index contributed by atoms with van der Waals surface area (Å²) >= 11 is 0. The van der Waals surface area contributed by atoms with Crippen molar-refractivity contribution >= 4 is 11.8 Å². The van der Waals surface area contributed by atoms with Gasteiger partial charge in [-0.25, -0.2) is 0 Å². The van der Waals surface area contributed by atoms with E-state index in [-0.39, 0.29) is 12.3 Å². The van der Waals surface area contributed by atoms with Gasteiger partial charge in [0.25, 0.3) is 5.69 Å². The molecule has 0 aromatic heterocycles. The predicted octanol–water partition coefficient (Wildman–Crippen LogP) is 1.91. The fourth-order valence-corrected chi connectivity index (χ4v) is 1.25. The van der Waals surface area contributed by atoms with Crippen LogP contribution in [0.25, 0.3) is 6.08 Å². The zero-order chi connectivity index (χ0) is 10.6. The lowest BCUT2D eigenvalue weighted by Crippen LogP contribution is -1.94. The molecule has 14 heavy (non-hydrogen) atoms. The van der Waals surface area contributed by atoms with Crippen molar-refractivity contribution in [2.75, 3.05) is 6.61 Å². The molecular formula is C10H11NO3. The fraction of sp³-hybridized carbons (Fsp3) is 0.200. The number of rotatable bonds is 3. The molecule has 0 saturated heterocycles. The standard InChI is InChI=1S/C10H11NO3/c1-8-4-2-5-9(6-3-7-12)10(8)11(13)14/h2-6,12H,7H2,1H3. The number of aliphatic hydroxyl groups is 1. The average Bonchev–Trinajstić information content (AvgIpc) is 2.14. The van der Waals surface area contributed by atoms with Crippen LogP contribution in [0.2, 0.25) is 0 Å². The van der Waals surface area contributed by atoms with E-state index >= 15 is 0 Å². The fourth-order valence-electron chi connectivity index (χ4n) is 1.25. The molecule has 0 aliphatic rings. The SMILES string of the molecule is Cc1cccc(C=CCO)c1[N+](=O)[O-]. The number of aliphatic hydroxyl groups excluding tert-OH is 1.